The van der Waals surface area contributed by atoms with E-state index in [-0.39, 0.29) is 0 Å². The third-order valence-electron chi connectivity index (χ3n) is 2.67. The van der Waals surface area contributed by atoms with Crippen LogP contribution in [0, 0.1) is 0 Å². The van der Waals surface area contributed by atoms with E-state index in [2.05, 4.69) is 27.5 Å². The molecule has 0 saturated heterocycles. The molecule has 0 spiro atoms. The third-order valence-corrected chi connectivity index (χ3v) is 3.82. The maximum Gasteiger partial charge on any atom is 0.192 e. The Balaban J connectivity index is 1.89. The Hall–Kier alpha value is -1.82. The van der Waals surface area contributed by atoms with E-state index >= 15 is 0 Å². The van der Waals surface area contributed by atoms with Crippen LogP contribution in [0.1, 0.15) is 29.5 Å². The molecular weight excluding hydrogens is 272 g/mol. The second-order valence-corrected chi connectivity index (χ2v) is 5.40. The average molecular weight is 292 g/mol. The molecule has 0 radical (unpaired) electrons. The number of furan rings is 1. The van der Waals surface area contributed by atoms with Crippen molar-refractivity contribution in [2.24, 2.45) is 4.99 Å². The Morgan fingerprint density at radius 2 is 2.30 bits per heavy atom. The molecule has 2 aromatic heterocycles. The standard InChI is InChI=1S/C14H20N4OS/c1-3-12-9-16-13(20-12)10-18-14(15-4-2)17-8-11-6-5-7-19-11/h5-7,9H,3-4,8,10H2,1-2H3,(H2,15,17,18). The predicted molar refractivity (Wildman–Crippen MR) is 81.9 cm³/mol. The summed E-state index contributed by atoms with van der Waals surface area (Å²) in [6.45, 7) is 6.22. The molecule has 2 heterocycles. The molecule has 0 unspecified atom stereocenters. The number of hydrogen-bond donors (Lipinski definition) is 2. The molecule has 2 aromatic rings. The number of aromatic nitrogens is 1. The normalized spacial score (nSPS) is 11.6. The maximum absolute atomic E-state index is 5.27. The zero-order valence-electron chi connectivity index (χ0n) is 11.8. The van der Waals surface area contributed by atoms with E-state index < -0.39 is 0 Å². The SMILES string of the molecule is CCNC(=NCc1ccco1)NCc1ncc(CC)s1. The third kappa shape index (κ3) is 4.38. The molecule has 2 N–H and O–H groups in total. The summed E-state index contributed by atoms with van der Waals surface area (Å²) in [5.74, 6) is 1.63. The Morgan fingerprint density at radius 3 is 2.95 bits per heavy atom. The van der Waals surface area contributed by atoms with Gasteiger partial charge in [0.25, 0.3) is 0 Å². The van der Waals surface area contributed by atoms with Gasteiger partial charge in [0.05, 0.1) is 12.8 Å². The molecule has 0 aliphatic rings. The van der Waals surface area contributed by atoms with Gasteiger partial charge in [0.15, 0.2) is 5.96 Å². The summed E-state index contributed by atoms with van der Waals surface area (Å²) < 4.78 is 5.27. The zero-order chi connectivity index (χ0) is 14.2. The van der Waals surface area contributed by atoms with Gasteiger partial charge in [-0.1, -0.05) is 6.92 Å². The predicted octanol–water partition coefficient (Wildman–Crippen LogP) is 2.55. The quantitative estimate of drug-likeness (QED) is 0.634. The lowest BCUT2D eigenvalue weighted by Crippen LogP contribution is -2.36. The summed E-state index contributed by atoms with van der Waals surface area (Å²) in [6, 6.07) is 3.79. The largest absolute Gasteiger partial charge is 0.467 e. The molecular formula is C14H20N4OS. The molecule has 0 atom stereocenters. The van der Waals surface area contributed by atoms with Crippen LogP contribution in [0.25, 0.3) is 0 Å². The number of nitrogens with one attached hydrogen (secondary N) is 2. The lowest BCUT2D eigenvalue weighted by molar-refractivity contribution is 0.512. The van der Waals surface area contributed by atoms with Crippen molar-refractivity contribution in [1.82, 2.24) is 15.6 Å². The van der Waals surface area contributed by atoms with Crippen molar-refractivity contribution in [3.8, 4) is 0 Å². The first-order valence-corrected chi connectivity index (χ1v) is 7.61. The van der Waals surface area contributed by atoms with Crippen LogP contribution < -0.4 is 10.6 Å². The monoisotopic (exact) mass is 292 g/mol. The highest BCUT2D eigenvalue weighted by Crippen LogP contribution is 2.12. The highest BCUT2D eigenvalue weighted by molar-refractivity contribution is 7.11. The minimum Gasteiger partial charge on any atom is -0.467 e. The summed E-state index contributed by atoms with van der Waals surface area (Å²) in [5.41, 5.74) is 0. The van der Waals surface area contributed by atoms with Crippen molar-refractivity contribution in [2.45, 2.75) is 33.4 Å². The average Bonchev–Trinajstić information content (AvgIpc) is 3.13. The van der Waals surface area contributed by atoms with E-state index in [4.69, 9.17) is 4.42 Å². The van der Waals surface area contributed by atoms with Crippen molar-refractivity contribution in [3.05, 3.63) is 40.2 Å². The van der Waals surface area contributed by atoms with Crippen molar-refractivity contribution in [3.63, 3.8) is 0 Å². The lowest BCUT2D eigenvalue weighted by Gasteiger charge is -2.09. The van der Waals surface area contributed by atoms with Gasteiger partial charge in [-0.05, 0) is 25.5 Å². The molecule has 2 rings (SSSR count). The number of nitrogens with zero attached hydrogens (tertiary/aromatic N) is 2. The van der Waals surface area contributed by atoms with Crippen LogP contribution in [0.2, 0.25) is 0 Å². The number of thiazole rings is 1. The van der Waals surface area contributed by atoms with Gasteiger partial charge in [-0.2, -0.15) is 0 Å². The van der Waals surface area contributed by atoms with Gasteiger partial charge in [0, 0.05) is 17.6 Å². The molecule has 0 fully saturated rings. The van der Waals surface area contributed by atoms with Crippen LogP contribution in [-0.4, -0.2) is 17.5 Å². The molecule has 5 nitrogen and oxygen atoms in total. The van der Waals surface area contributed by atoms with Gasteiger partial charge >= 0.3 is 0 Å². The van der Waals surface area contributed by atoms with Gasteiger partial charge in [0.1, 0.15) is 17.3 Å². The number of rotatable bonds is 6. The number of hydrogen-bond acceptors (Lipinski definition) is 4. The van der Waals surface area contributed by atoms with E-state index in [1.54, 1.807) is 17.6 Å². The van der Waals surface area contributed by atoms with Gasteiger partial charge in [-0.25, -0.2) is 9.98 Å². The molecule has 0 aliphatic carbocycles. The van der Waals surface area contributed by atoms with Crippen LogP contribution in [-0.2, 0) is 19.5 Å². The van der Waals surface area contributed by atoms with E-state index in [1.807, 2.05) is 25.3 Å². The Morgan fingerprint density at radius 1 is 1.40 bits per heavy atom. The second kappa shape index (κ2) is 7.69. The van der Waals surface area contributed by atoms with Crippen molar-refractivity contribution < 1.29 is 4.42 Å². The van der Waals surface area contributed by atoms with Crippen molar-refractivity contribution >= 4 is 17.3 Å². The summed E-state index contributed by atoms with van der Waals surface area (Å²) >= 11 is 1.73. The van der Waals surface area contributed by atoms with Crippen LogP contribution in [0.3, 0.4) is 0 Å². The topological polar surface area (TPSA) is 62.5 Å². The molecule has 6 heteroatoms. The summed E-state index contributed by atoms with van der Waals surface area (Å²) in [4.78, 5) is 10.2. The van der Waals surface area contributed by atoms with Crippen LogP contribution in [0.15, 0.2) is 34.0 Å². The highest BCUT2D eigenvalue weighted by atomic mass is 32.1. The van der Waals surface area contributed by atoms with E-state index in [0.29, 0.717) is 13.1 Å². The zero-order valence-corrected chi connectivity index (χ0v) is 12.7. The molecule has 20 heavy (non-hydrogen) atoms. The second-order valence-electron chi connectivity index (χ2n) is 4.20. The lowest BCUT2D eigenvalue weighted by atomic mass is 10.4. The fourth-order valence-corrected chi connectivity index (χ4v) is 2.46. The molecule has 0 aliphatic heterocycles. The first-order valence-electron chi connectivity index (χ1n) is 6.80. The minimum absolute atomic E-state index is 0.528. The summed E-state index contributed by atoms with van der Waals surface area (Å²) in [7, 11) is 0. The maximum atomic E-state index is 5.27. The summed E-state index contributed by atoms with van der Waals surface area (Å²) in [5, 5.41) is 7.57. The molecule has 0 saturated carbocycles. The van der Waals surface area contributed by atoms with Crippen LogP contribution in [0.5, 0.6) is 0 Å². The van der Waals surface area contributed by atoms with Gasteiger partial charge in [0.2, 0.25) is 0 Å². The first kappa shape index (κ1) is 14.6. The van der Waals surface area contributed by atoms with Gasteiger partial charge in [-0.15, -0.1) is 11.3 Å². The van der Waals surface area contributed by atoms with E-state index in [1.165, 1.54) is 4.88 Å². The smallest absolute Gasteiger partial charge is 0.192 e. The van der Waals surface area contributed by atoms with Crippen molar-refractivity contribution in [1.29, 1.82) is 0 Å². The highest BCUT2D eigenvalue weighted by Gasteiger charge is 2.03. The molecule has 0 bridgehead atoms. The minimum atomic E-state index is 0.528. The van der Waals surface area contributed by atoms with E-state index in [0.717, 1.165) is 29.7 Å². The fraction of sp³-hybridized carbons (Fsp3) is 0.429. The first-order chi connectivity index (χ1) is 9.81. The van der Waals surface area contributed by atoms with E-state index in [9.17, 15) is 0 Å². The Labute approximate surface area is 123 Å². The Kier molecular flexibility index (Phi) is 5.61. The molecule has 108 valence electrons. The number of aliphatic imine (C=N–C) groups is 1. The molecule has 0 aromatic carbocycles. The van der Waals surface area contributed by atoms with Crippen molar-refractivity contribution in [2.75, 3.05) is 6.54 Å². The van der Waals surface area contributed by atoms with Gasteiger partial charge in [-0.3, -0.25) is 0 Å². The van der Waals surface area contributed by atoms with Gasteiger partial charge < -0.3 is 15.1 Å². The summed E-state index contributed by atoms with van der Waals surface area (Å²) in [6.07, 6.45) is 4.63. The number of aryl methyl sites for hydroxylation is 1. The number of guanidine groups is 1. The van der Waals surface area contributed by atoms with Crippen LogP contribution in [0.4, 0.5) is 0 Å². The Bertz CT molecular complexity index is 533. The molecule has 0 amide bonds. The fourth-order valence-electron chi connectivity index (χ4n) is 1.65. The van der Waals surface area contributed by atoms with Crippen LogP contribution >= 0.6 is 11.3 Å².